The van der Waals surface area contributed by atoms with E-state index in [0.29, 0.717) is 23.8 Å². The summed E-state index contributed by atoms with van der Waals surface area (Å²) < 4.78 is 11.9. The van der Waals surface area contributed by atoms with Crippen LogP contribution in [0.4, 0.5) is 0 Å². The SMILES string of the molecule is CC1(C)Cc2cccc(COc3ccc(CCC(=O)O)c(Cl)c3)c2O1. The van der Waals surface area contributed by atoms with Gasteiger partial charge < -0.3 is 14.6 Å². The second-order valence-electron chi connectivity index (χ2n) is 6.88. The summed E-state index contributed by atoms with van der Waals surface area (Å²) in [5, 5.41) is 9.29. The molecule has 0 bridgehead atoms. The molecule has 2 aromatic carbocycles. The molecule has 0 amide bonds. The van der Waals surface area contributed by atoms with E-state index < -0.39 is 5.97 Å². The molecule has 0 atom stereocenters. The Morgan fingerprint density at radius 2 is 2.08 bits per heavy atom. The Balaban J connectivity index is 1.68. The minimum absolute atomic E-state index is 0.0587. The lowest BCUT2D eigenvalue weighted by Crippen LogP contribution is -2.25. The van der Waals surface area contributed by atoms with Gasteiger partial charge >= 0.3 is 5.97 Å². The lowest BCUT2D eigenvalue weighted by atomic mass is 10.0. The number of aryl methyl sites for hydroxylation is 1. The van der Waals surface area contributed by atoms with Crippen molar-refractivity contribution in [3.05, 3.63) is 58.1 Å². The third-order valence-corrected chi connectivity index (χ3v) is 4.55. The fourth-order valence-corrected chi connectivity index (χ4v) is 3.28. The summed E-state index contributed by atoms with van der Waals surface area (Å²) in [4.78, 5) is 10.7. The maximum atomic E-state index is 10.7. The van der Waals surface area contributed by atoms with Crippen LogP contribution in [0, 0.1) is 0 Å². The van der Waals surface area contributed by atoms with Gasteiger partial charge in [0.25, 0.3) is 0 Å². The summed E-state index contributed by atoms with van der Waals surface area (Å²) in [5.41, 5.74) is 2.83. The van der Waals surface area contributed by atoms with Crippen LogP contribution in [0.25, 0.3) is 0 Å². The summed E-state index contributed by atoms with van der Waals surface area (Å²) in [5.74, 6) is 0.730. The van der Waals surface area contributed by atoms with Gasteiger partial charge in [0.15, 0.2) is 0 Å². The zero-order valence-electron chi connectivity index (χ0n) is 14.3. The van der Waals surface area contributed by atoms with Crippen LogP contribution in [0.1, 0.15) is 37.0 Å². The van der Waals surface area contributed by atoms with Crippen LogP contribution in [-0.2, 0) is 24.2 Å². The third kappa shape index (κ3) is 4.26. The van der Waals surface area contributed by atoms with Crippen molar-refractivity contribution < 1.29 is 19.4 Å². The first-order valence-electron chi connectivity index (χ1n) is 8.27. The number of benzene rings is 2. The number of hydrogen-bond acceptors (Lipinski definition) is 3. The van der Waals surface area contributed by atoms with Gasteiger partial charge in [-0.3, -0.25) is 4.79 Å². The number of carboxylic acids is 1. The van der Waals surface area contributed by atoms with E-state index in [-0.39, 0.29) is 12.0 Å². The zero-order chi connectivity index (χ0) is 18.0. The van der Waals surface area contributed by atoms with Crippen LogP contribution >= 0.6 is 11.6 Å². The van der Waals surface area contributed by atoms with E-state index in [1.165, 1.54) is 5.56 Å². The summed E-state index contributed by atoms with van der Waals surface area (Å²) >= 11 is 6.23. The molecule has 0 saturated heterocycles. The first-order chi connectivity index (χ1) is 11.8. The predicted octanol–water partition coefficient (Wildman–Crippen LogP) is 4.65. The Hall–Kier alpha value is -2.20. The van der Waals surface area contributed by atoms with E-state index in [1.807, 2.05) is 24.3 Å². The Labute approximate surface area is 152 Å². The highest BCUT2D eigenvalue weighted by atomic mass is 35.5. The molecule has 2 aromatic rings. The summed E-state index contributed by atoms with van der Waals surface area (Å²) in [6.07, 6.45) is 1.35. The number of aliphatic carboxylic acids is 1. The van der Waals surface area contributed by atoms with Gasteiger partial charge in [0.2, 0.25) is 0 Å². The first-order valence-corrected chi connectivity index (χ1v) is 8.65. The van der Waals surface area contributed by atoms with Gasteiger partial charge in [-0.05, 0) is 43.5 Å². The molecule has 0 aliphatic carbocycles. The Bertz CT molecular complexity index is 798. The highest BCUT2D eigenvalue weighted by Crippen LogP contribution is 2.38. The van der Waals surface area contributed by atoms with Gasteiger partial charge in [0, 0.05) is 23.4 Å². The van der Waals surface area contributed by atoms with Crippen molar-refractivity contribution in [2.24, 2.45) is 0 Å². The van der Waals surface area contributed by atoms with E-state index in [9.17, 15) is 4.79 Å². The Morgan fingerprint density at radius 3 is 2.80 bits per heavy atom. The summed E-state index contributed by atoms with van der Waals surface area (Å²) in [7, 11) is 0. The van der Waals surface area contributed by atoms with Crippen molar-refractivity contribution >= 4 is 17.6 Å². The maximum absolute atomic E-state index is 10.7. The van der Waals surface area contributed by atoms with Crippen molar-refractivity contribution in [3.8, 4) is 11.5 Å². The Kier molecular flexibility index (Phi) is 4.91. The maximum Gasteiger partial charge on any atom is 0.303 e. The fourth-order valence-electron chi connectivity index (χ4n) is 3.02. The number of para-hydroxylation sites is 1. The zero-order valence-corrected chi connectivity index (χ0v) is 15.1. The topological polar surface area (TPSA) is 55.8 Å². The minimum atomic E-state index is -0.836. The average Bonchev–Trinajstić information content (AvgIpc) is 2.86. The predicted molar refractivity (Wildman–Crippen MR) is 96.6 cm³/mol. The molecule has 1 aliphatic heterocycles. The number of carbonyl (C=O) groups is 1. The van der Waals surface area contributed by atoms with Crippen LogP contribution in [0.15, 0.2) is 36.4 Å². The molecule has 0 saturated carbocycles. The molecule has 5 heteroatoms. The van der Waals surface area contributed by atoms with Crippen molar-refractivity contribution in [3.63, 3.8) is 0 Å². The van der Waals surface area contributed by atoms with E-state index in [0.717, 1.165) is 23.3 Å². The molecular weight excluding hydrogens is 340 g/mol. The molecule has 0 radical (unpaired) electrons. The van der Waals surface area contributed by atoms with Crippen LogP contribution in [-0.4, -0.2) is 16.7 Å². The van der Waals surface area contributed by atoms with Crippen molar-refractivity contribution in [2.75, 3.05) is 0 Å². The molecule has 1 N–H and O–H groups in total. The van der Waals surface area contributed by atoms with Gasteiger partial charge in [0.1, 0.15) is 23.7 Å². The van der Waals surface area contributed by atoms with E-state index in [1.54, 1.807) is 6.07 Å². The normalized spacial score (nSPS) is 14.7. The van der Waals surface area contributed by atoms with Crippen LogP contribution < -0.4 is 9.47 Å². The highest BCUT2D eigenvalue weighted by molar-refractivity contribution is 6.31. The quantitative estimate of drug-likeness (QED) is 0.814. The largest absolute Gasteiger partial charge is 0.489 e. The van der Waals surface area contributed by atoms with Crippen molar-refractivity contribution in [1.82, 2.24) is 0 Å². The molecule has 1 aliphatic rings. The summed E-state index contributed by atoms with van der Waals surface area (Å²) in [6, 6.07) is 11.5. The smallest absolute Gasteiger partial charge is 0.303 e. The van der Waals surface area contributed by atoms with Gasteiger partial charge in [-0.15, -0.1) is 0 Å². The van der Waals surface area contributed by atoms with Gasteiger partial charge in [-0.2, -0.15) is 0 Å². The molecule has 25 heavy (non-hydrogen) atoms. The third-order valence-electron chi connectivity index (χ3n) is 4.20. The number of halogens is 1. The van der Waals surface area contributed by atoms with E-state index in [2.05, 4.69) is 19.9 Å². The van der Waals surface area contributed by atoms with Crippen LogP contribution in [0.3, 0.4) is 0 Å². The van der Waals surface area contributed by atoms with Crippen molar-refractivity contribution in [2.45, 2.75) is 45.3 Å². The monoisotopic (exact) mass is 360 g/mol. The van der Waals surface area contributed by atoms with E-state index >= 15 is 0 Å². The standard InChI is InChI=1S/C20H21ClO4/c1-20(2)11-14-4-3-5-15(19(14)25-20)12-24-16-8-6-13(17(21)10-16)7-9-18(22)23/h3-6,8,10H,7,9,11-12H2,1-2H3,(H,22,23). The number of rotatable bonds is 6. The fraction of sp³-hybridized carbons (Fsp3) is 0.350. The van der Waals surface area contributed by atoms with Gasteiger partial charge in [-0.25, -0.2) is 0 Å². The lowest BCUT2D eigenvalue weighted by molar-refractivity contribution is -0.136. The molecule has 1 heterocycles. The molecule has 0 fully saturated rings. The van der Waals surface area contributed by atoms with Crippen LogP contribution in [0.2, 0.25) is 5.02 Å². The molecular formula is C20H21ClO4. The highest BCUT2D eigenvalue weighted by Gasteiger charge is 2.31. The first kappa shape index (κ1) is 17.6. The summed E-state index contributed by atoms with van der Waals surface area (Å²) in [6.45, 7) is 4.55. The molecule has 132 valence electrons. The van der Waals surface area contributed by atoms with Gasteiger partial charge in [0.05, 0.1) is 0 Å². The van der Waals surface area contributed by atoms with E-state index in [4.69, 9.17) is 26.2 Å². The second kappa shape index (κ2) is 6.96. The molecule has 0 unspecified atom stereocenters. The van der Waals surface area contributed by atoms with Crippen LogP contribution in [0.5, 0.6) is 11.5 Å². The molecule has 4 nitrogen and oxygen atoms in total. The number of hydrogen-bond donors (Lipinski definition) is 1. The number of carboxylic acid groups (broad SMARTS) is 1. The second-order valence-corrected chi connectivity index (χ2v) is 7.29. The molecule has 0 spiro atoms. The number of fused-ring (bicyclic) bond motifs is 1. The van der Waals surface area contributed by atoms with Gasteiger partial charge in [-0.1, -0.05) is 35.9 Å². The minimum Gasteiger partial charge on any atom is -0.489 e. The lowest BCUT2D eigenvalue weighted by Gasteiger charge is -2.18. The molecule has 0 aromatic heterocycles. The number of ether oxygens (including phenoxy) is 2. The molecule has 3 rings (SSSR count). The average molecular weight is 361 g/mol. The Morgan fingerprint density at radius 1 is 1.28 bits per heavy atom. The van der Waals surface area contributed by atoms with Crippen molar-refractivity contribution in [1.29, 1.82) is 0 Å².